The highest BCUT2D eigenvalue weighted by Crippen LogP contribution is 2.31. The summed E-state index contributed by atoms with van der Waals surface area (Å²) in [6.07, 6.45) is 3.39. The molecule has 5 heteroatoms. The molecule has 0 unspecified atom stereocenters. The molecule has 0 saturated heterocycles. The standard InChI is InChI=1S/C16H18BrN3S/c1-2-18-16-11-6-5-8-13(11)19-15(20-16)10-21-14-9-4-3-7-12(14)17/h3-4,7,9H,2,5-6,8,10H2,1H3,(H,18,19,20). The molecule has 0 fully saturated rings. The zero-order valence-corrected chi connectivity index (χ0v) is 14.4. The molecule has 1 heterocycles. The predicted molar refractivity (Wildman–Crippen MR) is 91.9 cm³/mol. The van der Waals surface area contributed by atoms with E-state index >= 15 is 0 Å². The first-order chi connectivity index (χ1) is 10.3. The van der Waals surface area contributed by atoms with Crippen LogP contribution in [0.4, 0.5) is 5.82 Å². The Bertz CT molecular complexity index is 645. The second kappa shape index (κ2) is 6.79. The largest absolute Gasteiger partial charge is 0.370 e. The number of nitrogens with zero attached hydrogens (tertiary/aromatic N) is 2. The fourth-order valence-electron chi connectivity index (χ4n) is 2.57. The normalized spacial score (nSPS) is 13.2. The summed E-state index contributed by atoms with van der Waals surface area (Å²) >= 11 is 5.36. The van der Waals surface area contributed by atoms with Gasteiger partial charge in [-0.25, -0.2) is 9.97 Å². The van der Waals surface area contributed by atoms with E-state index in [1.807, 2.05) is 6.07 Å². The van der Waals surface area contributed by atoms with E-state index in [1.54, 1.807) is 11.8 Å². The number of halogens is 1. The van der Waals surface area contributed by atoms with Gasteiger partial charge in [-0.3, -0.25) is 0 Å². The smallest absolute Gasteiger partial charge is 0.141 e. The van der Waals surface area contributed by atoms with Gasteiger partial charge in [-0.05, 0) is 54.2 Å². The van der Waals surface area contributed by atoms with Gasteiger partial charge in [0.1, 0.15) is 11.6 Å². The molecular weight excluding hydrogens is 346 g/mol. The Morgan fingerprint density at radius 2 is 2.10 bits per heavy atom. The summed E-state index contributed by atoms with van der Waals surface area (Å²) in [6, 6.07) is 8.27. The SMILES string of the molecule is CCNc1nc(CSc2ccccc2Br)nc2c1CCC2. The number of nitrogens with one attached hydrogen (secondary N) is 1. The number of rotatable bonds is 5. The lowest BCUT2D eigenvalue weighted by molar-refractivity contribution is 0.893. The molecule has 0 spiro atoms. The van der Waals surface area contributed by atoms with Crippen molar-refractivity contribution in [3.63, 3.8) is 0 Å². The first kappa shape index (κ1) is 14.9. The van der Waals surface area contributed by atoms with E-state index in [2.05, 4.69) is 46.4 Å². The van der Waals surface area contributed by atoms with E-state index < -0.39 is 0 Å². The van der Waals surface area contributed by atoms with Crippen LogP contribution in [0.5, 0.6) is 0 Å². The van der Waals surface area contributed by atoms with Gasteiger partial charge in [0, 0.05) is 27.2 Å². The average molecular weight is 364 g/mol. The minimum atomic E-state index is 0.800. The van der Waals surface area contributed by atoms with Gasteiger partial charge in [0.25, 0.3) is 0 Å². The molecule has 0 radical (unpaired) electrons. The number of thioether (sulfide) groups is 1. The summed E-state index contributed by atoms with van der Waals surface area (Å²) < 4.78 is 1.13. The van der Waals surface area contributed by atoms with Gasteiger partial charge in [-0.1, -0.05) is 12.1 Å². The summed E-state index contributed by atoms with van der Waals surface area (Å²) in [5, 5.41) is 3.39. The van der Waals surface area contributed by atoms with Crippen LogP contribution in [0.15, 0.2) is 33.6 Å². The Morgan fingerprint density at radius 3 is 2.90 bits per heavy atom. The van der Waals surface area contributed by atoms with Crippen molar-refractivity contribution in [2.75, 3.05) is 11.9 Å². The predicted octanol–water partition coefficient (Wildman–Crippen LogP) is 4.45. The van der Waals surface area contributed by atoms with Crippen LogP contribution in [0.1, 0.15) is 30.4 Å². The van der Waals surface area contributed by atoms with Crippen LogP contribution in [0.25, 0.3) is 0 Å². The third kappa shape index (κ3) is 3.40. The summed E-state index contributed by atoms with van der Waals surface area (Å²) in [7, 11) is 0. The van der Waals surface area contributed by atoms with Crippen LogP contribution in [0, 0.1) is 0 Å². The third-order valence-electron chi connectivity index (χ3n) is 3.52. The monoisotopic (exact) mass is 363 g/mol. The molecule has 21 heavy (non-hydrogen) atoms. The second-order valence-corrected chi connectivity index (χ2v) is 6.89. The van der Waals surface area contributed by atoms with Gasteiger partial charge in [-0.15, -0.1) is 11.8 Å². The van der Waals surface area contributed by atoms with E-state index in [1.165, 1.54) is 22.6 Å². The van der Waals surface area contributed by atoms with Gasteiger partial charge in [-0.2, -0.15) is 0 Å². The minimum absolute atomic E-state index is 0.800. The molecule has 0 bridgehead atoms. The van der Waals surface area contributed by atoms with Crippen molar-refractivity contribution >= 4 is 33.5 Å². The summed E-state index contributed by atoms with van der Waals surface area (Å²) in [4.78, 5) is 10.7. The topological polar surface area (TPSA) is 37.8 Å². The zero-order chi connectivity index (χ0) is 14.7. The van der Waals surface area contributed by atoms with Crippen LogP contribution in [0.2, 0.25) is 0 Å². The van der Waals surface area contributed by atoms with Gasteiger partial charge in [0.15, 0.2) is 0 Å². The van der Waals surface area contributed by atoms with E-state index in [0.29, 0.717) is 0 Å². The van der Waals surface area contributed by atoms with E-state index in [9.17, 15) is 0 Å². The quantitative estimate of drug-likeness (QED) is 0.796. The van der Waals surface area contributed by atoms with Crippen molar-refractivity contribution < 1.29 is 0 Å². The van der Waals surface area contributed by atoms with Crippen molar-refractivity contribution in [3.05, 3.63) is 45.8 Å². The number of hydrogen-bond donors (Lipinski definition) is 1. The van der Waals surface area contributed by atoms with Gasteiger partial charge in [0.05, 0.1) is 5.75 Å². The lowest BCUT2D eigenvalue weighted by Gasteiger charge is -2.11. The van der Waals surface area contributed by atoms with Crippen LogP contribution < -0.4 is 5.32 Å². The highest BCUT2D eigenvalue weighted by atomic mass is 79.9. The third-order valence-corrected chi connectivity index (χ3v) is 5.54. The lowest BCUT2D eigenvalue weighted by Crippen LogP contribution is -2.08. The molecule has 1 aliphatic carbocycles. The van der Waals surface area contributed by atoms with E-state index in [0.717, 1.165) is 41.3 Å². The fraction of sp³-hybridized carbons (Fsp3) is 0.375. The van der Waals surface area contributed by atoms with E-state index in [4.69, 9.17) is 9.97 Å². The highest BCUT2D eigenvalue weighted by molar-refractivity contribution is 9.10. The number of hydrogen-bond acceptors (Lipinski definition) is 4. The molecule has 0 amide bonds. The molecular formula is C16H18BrN3S. The molecule has 0 aliphatic heterocycles. The first-order valence-electron chi connectivity index (χ1n) is 7.27. The van der Waals surface area contributed by atoms with Crippen LogP contribution in [-0.2, 0) is 18.6 Å². The van der Waals surface area contributed by atoms with Gasteiger partial charge in [0.2, 0.25) is 0 Å². The number of aromatic nitrogens is 2. The van der Waals surface area contributed by atoms with Crippen LogP contribution in [-0.4, -0.2) is 16.5 Å². The van der Waals surface area contributed by atoms with Crippen molar-refractivity contribution in [1.82, 2.24) is 9.97 Å². The molecule has 1 N–H and O–H groups in total. The number of fused-ring (bicyclic) bond motifs is 1. The molecule has 0 saturated carbocycles. The van der Waals surface area contributed by atoms with Crippen LogP contribution >= 0.6 is 27.7 Å². The molecule has 0 atom stereocenters. The maximum atomic E-state index is 4.75. The summed E-state index contributed by atoms with van der Waals surface area (Å²) in [5.41, 5.74) is 2.56. The van der Waals surface area contributed by atoms with Gasteiger partial charge >= 0.3 is 0 Å². The molecule has 1 aromatic carbocycles. The van der Waals surface area contributed by atoms with E-state index in [-0.39, 0.29) is 0 Å². The number of anilines is 1. The Kier molecular flexibility index (Phi) is 4.80. The van der Waals surface area contributed by atoms with Crippen molar-refractivity contribution in [1.29, 1.82) is 0 Å². The van der Waals surface area contributed by atoms with Gasteiger partial charge < -0.3 is 5.32 Å². The molecule has 3 rings (SSSR count). The Hall–Kier alpha value is -1.07. The highest BCUT2D eigenvalue weighted by Gasteiger charge is 2.19. The number of benzene rings is 1. The summed E-state index contributed by atoms with van der Waals surface area (Å²) in [5.74, 6) is 2.77. The Morgan fingerprint density at radius 1 is 1.24 bits per heavy atom. The average Bonchev–Trinajstić information content (AvgIpc) is 2.95. The first-order valence-corrected chi connectivity index (χ1v) is 9.05. The zero-order valence-electron chi connectivity index (χ0n) is 12.0. The Labute approximate surface area is 138 Å². The number of aryl methyl sites for hydroxylation is 1. The molecule has 110 valence electrons. The lowest BCUT2D eigenvalue weighted by atomic mass is 10.2. The molecule has 3 nitrogen and oxygen atoms in total. The molecule has 1 aromatic heterocycles. The molecule has 2 aromatic rings. The Balaban J connectivity index is 1.80. The van der Waals surface area contributed by atoms with Crippen molar-refractivity contribution in [3.8, 4) is 0 Å². The maximum absolute atomic E-state index is 4.75. The van der Waals surface area contributed by atoms with Crippen molar-refractivity contribution in [2.24, 2.45) is 0 Å². The minimum Gasteiger partial charge on any atom is -0.370 e. The maximum Gasteiger partial charge on any atom is 0.141 e. The van der Waals surface area contributed by atoms with Crippen LogP contribution in [0.3, 0.4) is 0 Å². The van der Waals surface area contributed by atoms with Crippen molar-refractivity contribution in [2.45, 2.75) is 36.8 Å². The summed E-state index contributed by atoms with van der Waals surface area (Å²) in [6.45, 7) is 3.01. The second-order valence-electron chi connectivity index (χ2n) is 5.02. The fourth-order valence-corrected chi connectivity index (χ4v) is 3.99. The molecule has 1 aliphatic rings.